The van der Waals surface area contributed by atoms with E-state index in [2.05, 4.69) is 0 Å². The molecule has 0 aromatic rings. The zero-order valence-corrected chi connectivity index (χ0v) is 7.17. The summed E-state index contributed by atoms with van der Waals surface area (Å²) in [6.45, 7) is 1.69. The molecule has 5 nitrogen and oxygen atoms in total. The number of nitrogens with one attached hydrogen (secondary N) is 1. The maximum atomic E-state index is 10.1. The Hall–Kier alpha value is -0.650. The van der Waals surface area contributed by atoms with Crippen molar-refractivity contribution in [3.63, 3.8) is 0 Å². The second-order valence-corrected chi connectivity index (χ2v) is 2.08. The van der Waals surface area contributed by atoms with Gasteiger partial charge in [-0.25, -0.2) is 0 Å². The first-order chi connectivity index (χ1) is 5.77. The van der Waals surface area contributed by atoms with E-state index in [1.807, 2.05) is 0 Å². The molecule has 0 aliphatic heterocycles. The molecule has 0 heterocycles. The summed E-state index contributed by atoms with van der Waals surface area (Å²) in [6, 6.07) is 0. The number of hydrogen-bond donors (Lipinski definition) is 1. The molecule has 1 N–H and O–H groups in total. The zero-order valence-electron chi connectivity index (χ0n) is 7.17. The Morgan fingerprint density at radius 3 is 2.33 bits per heavy atom. The van der Waals surface area contributed by atoms with Crippen molar-refractivity contribution in [1.82, 2.24) is 0 Å². The van der Waals surface area contributed by atoms with E-state index in [4.69, 9.17) is 19.6 Å². The fourth-order valence-electron chi connectivity index (χ4n) is 0.527. The molecular weight excluding hydrogens is 162 g/mol. The van der Waals surface area contributed by atoms with Crippen LogP contribution in [0, 0.1) is 5.41 Å². The van der Waals surface area contributed by atoms with Crippen LogP contribution in [0.4, 0.5) is 0 Å². The molecule has 0 bridgehead atoms. The molecule has 0 saturated heterocycles. The van der Waals surface area contributed by atoms with Crippen molar-refractivity contribution in [2.24, 2.45) is 0 Å². The summed E-state index contributed by atoms with van der Waals surface area (Å²) in [5.74, 6) is -0.716. The van der Waals surface area contributed by atoms with Crippen LogP contribution in [0.5, 0.6) is 0 Å². The van der Waals surface area contributed by atoms with Crippen molar-refractivity contribution in [1.29, 1.82) is 5.41 Å². The standard InChI is InChI=1S/C7H15NO4/c1-10-2-3-11-4-5-12-6-7(8)9/h2-6H2,1H3,(H2,8,9)/p-1. The number of methoxy groups -OCH3 is 1. The molecule has 0 fully saturated rings. The van der Waals surface area contributed by atoms with Crippen molar-refractivity contribution in [3.8, 4) is 0 Å². The molecule has 72 valence electrons. The maximum Gasteiger partial charge on any atom is 0.0742 e. The summed E-state index contributed by atoms with van der Waals surface area (Å²) in [4.78, 5) is 0. The van der Waals surface area contributed by atoms with Gasteiger partial charge in [0, 0.05) is 7.11 Å². The predicted molar refractivity (Wildman–Crippen MR) is 41.2 cm³/mol. The normalized spacial score (nSPS) is 10.1. The number of ether oxygens (including phenoxy) is 3. The monoisotopic (exact) mass is 176 g/mol. The summed E-state index contributed by atoms with van der Waals surface area (Å²) < 4.78 is 14.5. The highest BCUT2D eigenvalue weighted by Crippen LogP contribution is 1.78. The van der Waals surface area contributed by atoms with Crippen molar-refractivity contribution in [2.75, 3.05) is 40.1 Å². The Morgan fingerprint density at radius 2 is 1.75 bits per heavy atom. The van der Waals surface area contributed by atoms with E-state index in [1.54, 1.807) is 7.11 Å². The zero-order chi connectivity index (χ0) is 9.23. The van der Waals surface area contributed by atoms with E-state index in [0.717, 1.165) is 0 Å². The molecule has 0 aromatic heterocycles. The van der Waals surface area contributed by atoms with E-state index < -0.39 is 5.90 Å². The summed E-state index contributed by atoms with van der Waals surface area (Å²) in [7, 11) is 1.60. The molecule has 0 spiro atoms. The second kappa shape index (κ2) is 8.45. The minimum Gasteiger partial charge on any atom is -0.861 e. The Kier molecular flexibility index (Phi) is 7.99. The Bertz CT molecular complexity index is 118. The molecule has 0 aromatic carbocycles. The smallest absolute Gasteiger partial charge is 0.0742 e. The molecule has 0 aliphatic rings. The lowest BCUT2D eigenvalue weighted by molar-refractivity contribution is -0.225. The molecule has 0 amide bonds. The lowest BCUT2D eigenvalue weighted by Gasteiger charge is -2.08. The summed E-state index contributed by atoms with van der Waals surface area (Å²) in [5, 5.41) is 16.6. The van der Waals surface area contributed by atoms with Crippen LogP contribution in [0.3, 0.4) is 0 Å². The summed E-state index contributed by atoms with van der Waals surface area (Å²) >= 11 is 0. The van der Waals surface area contributed by atoms with E-state index in [-0.39, 0.29) is 6.61 Å². The Labute approximate surface area is 71.7 Å². The average Bonchev–Trinajstić information content (AvgIpc) is 2.02. The second-order valence-electron chi connectivity index (χ2n) is 2.08. The van der Waals surface area contributed by atoms with Crippen LogP contribution >= 0.6 is 0 Å². The van der Waals surface area contributed by atoms with E-state index in [9.17, 15) is 5.11 Å². The van der Waals surface area contributed by atoms with Crippen molar-refractivity contribution >= 4 is 5.90 Å². The van der Waals surface area contributed by atoms with Crippen molar-refractivity contribution in [3.05, 3.63) is 0 Å². The molecule has 0 rings (SSSR count). The van der Waals surface area contributed by atoms with Gasteiger partial charge in [0.25, 0.3) is 0 Å². The van der Waals surface area contributed by atoms with Gasteiger partial charge >= 0.3 is 0 Å². The Morgan fingerprint density at radius 1 is 1.17 bits per heavy atom. The molecule has 0 aliphatic carbocycles. The van der Waals surface area contributed by atoms with Gasteiger partial charge in [-0.3, -0.25) is 0 Å². The van der Waals surface area contributed by atoms with Gasteiger partial charge in [0.15, 0.2) is 0 Å². The predicted octanol–water partition coefficient (Wildman–Crippen LogP) is -0.996. The van der Waals surface area contributed by atoms with Crippen LogP contribution in [0.1, 0.15) is 0 Å². The third-order valence-corrected chi connectivity index (χ3v) is 1.04. The lowest BCUT2D eigenvalue weighted by atomic mass is 10.7. The SMILES string of the molecule is COCCOCCOCC(=N)[O-]. The van der Waals surface area contributed by atoms with Crippen LogP contribution in [-0.2, 0) is 14.2 Å². The van der Waals surface area contributed by atoms with Crippen molar-refractivity contribution in [2.45, 2.75) is 0 Å². The highest BCUT2D eigenvalue weighted by molar-refractivity contribution is 5.68. The lowest BCUT2D eigenvalue weighted by Crippen LogP contribution is -2.23. The van der Waals surface area contributed by atoms with Gasteiger partial charge in [-0.05, 0) is 5.90 Å². The third kappa shape index (κ3) is 9.35. The van der Waals surface area contributed by atoms with E-state index in [0.29, 0.717) is 26.4 Å². The molecule has 0 radical (unpaired) electrons. The quantitative estimate of drug-likeness (QED) is 0.292. The largest absolute Gasteiger partial charge is 0.861 e. The minimum atomic E-state index is -0.716. The minimum absolute atomic E-state index is 0.159. The molecule has 5 heteroatoms. The van der Waals surface area contributed by atoms with Gasteiger partial charge in [0.05, 0.1) is 33.0 Å². The fourth-order valence-corrected chi connectivity index (χ4v) is 0.527. The third-order valence-electron chi connectivity index (χ3n) is 1.04. The highest BCUT2D eigenvalue weighted by atomic mass is 16.5. The number of rotatable bonds is 8. The molecular formula is C7H14NO4-. The topological polar surface area (TPSA) is 74.6 Å². The maximum absolute atomic E-state index is 10.1. The molecule has 0 saturated carbocycles. The van der Waals surface area contributed by atoms with Gasteiger partial charge in [-0.1, -0.05) is 0 Å². The summed E-state index contributed by atoms with van der Waals surface area (Å²) in [6.07, 6.45) is 0. The molecule has 12 heavy (non-hydrogen) atoms. The molecule has 0 atom stereocenters. The first kappa shape index (κ1) is 11.4. The van der Waals surface area contributed by atoms with Gasteiger partial charge < -0.3 is 24.7 Å². The first-order valence-corrected chi connectivity index (χ1v) is 3.66. The van der Waals surface area contributed by atoms with Crippen LogP contribution in [0.25, 0.3) is 0 Å². The fraction of sp³-hybridized carbons (Fsp3) is 0.857. The summed E-state index contributed by atoms with van der Waals surface area (Å²) in [5.41, 5.74) is 0. The van der Waals surface area contributed by atoms with Gasteiger partial charge in [-0.15, -0.1) is 0 Å². The van der Waals surface area contributed by atoms with Crippen LogP contribution in [-0.4, -0.2) is 46.0 Å². The Balaban J connectivity index is 2.86. The first-order valence-electron chi connectivity index (χ1n) is 3.66. The number of hydrogen-bond acceptors (Lipinski definition) is 5. The van der Waals surface area contributed by atoms with Crippen LogP contribution < -0.4 is 5.11 Å². The van der Waals surface area contributed by atoms with E-state index >= 15 is 0 Å². The van der Waals surface area contributed by atoms with Crippen molar-refractivity contribution < 1.29 is 19.3 Å². The van der Waals surface area contributed by atoms with E-state index in [1.165, 1.54) is 0 Å². The highest BCUT2D eigenvalue weighted by Gasteiger charge is 1.88. The molecule has 0 unspecified atom stereocenters. The average molecular weight is 176 g/mol. The van der Waals surface area contributed by atoms with Crippen LogP contribution in [0.15, 0.2) is 0 Å². The van der Waals surface area contributed by atoms with Gasteiger partial charge in [0.1, 0.15) is 0 Å². The van der Waals surface area contributed by atoms with Crippen LogP contribution in [0.2, 0.25) is 0 Å². The van der Waals surface area contributed by atoms with Gasteiger partial charge in [-0.2, -0.15) is 0 Å². The van der Waals surface area contributed by atoms with Gasteiger partial charge in [0.2, 0.25) is 0 Å².